The number of nitrogens with one attached hydrogen (secondary N) is 1. The molecule has 1 unspecified atom stereocenters. The van der Waals surface area contributed by atoms with E-state index in [1.807, 2.05) is 30.3 Å². The zero-order valence-corrected chi connectivity index (χ0v) is 10.2. The predicted molar refractivity (Wildman–Crippen MR) is 68.4 cm³/mol. The second-order valence-electron chi connectivity index (χ2n) is 4.02. The van der Waals surface area contributed by atoms with Crippen molar-refractivity contribution in [2.24, 2.45) is 0 Å². The molecule has 1 atom stereocenters. The standard InChI is InChI=1S/C14H14N4/c1-11(14-4-2-3-6-17-14)18-10-12-5-7-16-13(8-12)9-15/h2-8,11,18H,10H2,1H3. The van der Waals surface area contributed by atoms with Crippen molar-refractivity contribution in [3.8, 4) is 6.07 Å². The van der Waals surface area contributed by atoms with E-state index in [0.717, 1.165) is 11.3 Å². The van der Waals surface area contributed by atoms with E-state index >= 15 is 0 Å². The minimum atomic E-state index is 0.171. The van der Waals surface area contributed by atoms with Crippen molar-refractivity contribution in [2.75, 3.05) is 0 Å². The lowest BCUT2D eigenvalue weighted by Gasteiger charge is -2.13. The van der Waals surface area contributed by atoms with Crippen LogP contribution in [0.25, 0.3) is 0 Å². The third kappa shape index (κ3) is 3.12. The van der Waals surface area contributed by atoms with Crippen LogP contribution in [-0.4, -0.2) is 9.97 Å². The van der Waals surface area contributed by atoms with Gasteiger partial charge in [0.05, 0.1) is 5.69 Å². The average Bonchev–Trinajstić information content (AvgIpc) is 2.46. The van der Waals surface area contributed by atoms with Gasteiger partial charge in [0.15, 0.2) is 0 Å². The van der Waals surface area contributed by atoms with Crippen molar-refractivity contribution in [1.29, 1.82) is 5.26 Å². The zero-order chi connectivity index (χ0) is 12.8. The van der Waals surface area contributed by atoms with Crippen LogP contribution >= 0.6 is 0 Å². The van der Waals surface area contributed by atoms with Gasteiger partial charge in [0, 0.05) is 25.0 Å². The van der Waals surface area contributed by atoms with E-state index in [4.69, 9.17) is 5.26 Å². The van der Waals surface area contributed by atoms with Crippen molar-refractivity contribution >= 4 is 0 Å². The highest BCUT2D eigenvalue weighted by Crippen LogP contribution is 2.09. The molecule has 2 aromatic heterocycles. The summed E-state index contributed by atoms with van der Waals surface area (Å²) in [5, 5.41) is 12.1. The molecule has 90 valence electrons. The lowest BCUT2D eigenvalue weighted by molar-refractivity contribution is 0.561. The lowest BCUT2D eigenvalue weighted by atomic mass is 10.2. The first-order chi connectivity index (χ1) is 8.79. The van der Waals surface area contributed by atoms with E-state index in [-0.39, 0.29) is 6.04 Å². The Hall–Kier alpha value is -2.25. The molecule has 0 amide bonds. The van der Waals surface area contributed by atoms with Crippen LogP contribution in [0.3, 0.4) is 0 Å². The molecular formula is C14H14N4. The molecule has 0 spiro atoms. The molecule has 0 fully saturated rings. The molecule has 0 radical (unpaired) electrons. The summed E-state index contributed by atoms with van der Waals surface area (Å²) in [4.78, 5) is 8.24. The Kier molecular flexibility index (Phi) is 4.00. The maximum atomic E-state index is 8.77. The maximum absolute atomic E-state index is 8.77. The molecule has 18 heavy (non-hydrogen) atoms. The highest BCUT2D eigenvalue weighted by atomic mass is 14.9. The molecular weight excluding hydrogens is 224 g/mol. The molecule has 2 heterocycles. The minimum absolute atomic E-state index is 0.171. The third-order valence-electron chi connectivity index (χ3n) is 2.68. The molecule has 0 aliphatic rings. The molecule has 0 saturated heterocycles. The highest BCUT2D eigenvalue weighted by molar-refractivity contribution is 5.25. The van der Waals surface area contributed by atoms with Gasteiger partial charge < -0.3 is 5.32 Å². The quantitative estimate of drug-likeness (QED) is 0.887. The molecule has 4 nitrogen and oxygen atoms in total. The first-order valence-electron chi connectivity index (χ1n) is 5.79. The fraction of sp³-hybridized carbons (Fsp3) is 0.214. The largest absolute Gasteiger partial charge is 0.305 e. The molecule has 0 bridgehead atoms. The summed E-state index contributed by atoms with van der Waals surface area (Å²) < 4.78 is 0. The van der Waals surface area contributed by atoms with Crippen LogP contribution in [0, 0.1) is 11.3 Å². The summed E-state index contributed by atoms with van der Waals surface area (Å²) in [5.74, 6) is 0. The van der Waals surface area contributed by atoms with Gasteiger partial charge in [-0.1, -0.05) is 6.07 Å². The fourth-order valence-corrected chi connectivity index (χ4v) is 1.65. The predicted octanol–water partition coefficient (Wildman–Crippen LogP) is 2.20. The van der Waals surface area contributed by atoms with E-state index < -0.39 is 0 Å². The number of pyridine rings is 2. The van der Waals surface area contributed by atoms with E-state index in [1.54, 1.807) is 18.5 Å². The average molecular weight is 238 g/mol. The van der Waals surface area contributed by atoms with Crippen LogP contribution in [0.5, 0.6) is 0 Å². The van der Waals surface area contributed by atoms with E-state index in [9.17, 15) is 0 Å². The summed E-state index contributed by atoms with van der Waals surface area (Å²) in [5.41, 5.74) is 2.50. The summed E-state index contributed by atoms with van der Waals surface area (Å²) in [7, 11) is 0. The number of nitrogens with zero attached hydrogens (tertiary/aromatic N) is 3. The monoisotopic (exact) mass is 238 g/mol. The SMILES string of the molecule is CC(NCc1ccnc(C#N)c1)c1ccccn1. The maximum Gasteiger partial charge on any atom is 0.140 e. The Morgan fingerprint density at radius 3 is 2.89 bits per heavy atom. The Bertz CT molecular complexity index is 545. The lowest BCUT2D eigenvalue weighted by Crippen LogP contribution is -2.19. The van der Waals surface area contributed by atoms with Crippen LogP contribution in [0.2, 0.25) is 0 Å². The fourth-order valence-electron chi connectivity index (χ4n) is 1.65. The number of nitriles is 1. The molecule has 1 N–H and O–H groups in total. The minimum Gasteiger partial charge on any atom is -0.305 e. The summed E-state index contributed by atoms with van der Waals surface area (Å²) >= 11 is 0. The van der Waals surface area contributed by atoms with Crippen LogP contribution in [-0.2, 0) is 6.54 Å². The molecule has 2 rings (SSSR count). The van der Waals surface area contributed by atoms with Crippen LogP contribution < -0.4 is 5.32 Å². The van der Waals surface area contributed by atoms with Gasteiger partial charge >= 0.3 is 0 Å². The highest BCUT2D eigenvalue weighted by Gasteiger charge is 2.05. The number of rotatable bonds is 4. The van der Waals surface area contributed by atoms with Crippen molar-refractivity contribution in [3.05, 3.63) is 59.7 Å². The van der Waals surface area contributed by atoms with Gasteiger partial charge in [-0.15, -0.1) is 0 Å². The van der Waals surface area contributed by atoms with Crippen molar-refractivity contribution in [3.63, 3.8) is 0 Å². The first kappa shape index (κ1) is 12.2. The van der Waals surface area contributed by atoms with E-state index in [2.05, 4.69) is 22.2 Å². The van der Waals surface area contributed by atoms with Gasteiger partial charge in [0.2, 0.25) is 0 Å². The Labute approximate surface area is 106 Å². The van der Waals surface area contributed by atoms with Gasteiger partial charge in [0.25, 0.3) is 0 Å². The van der Waals surface area contributed by atoms with Crippen molar-refractivity contribution in [2.45, 2.75) is 19.5 Å². The zero-order valence-electron chi connectivity index (χ0n) is 10.2. The van der Waals surface area contributed by atoms with Crippen molar-refractivity contribution in [1.82, 2.24) is 15.3 Å². The Morgan fingerprint density at radius 2 is 2.17 bits per heavy atom. The molecule has 0 aliphatic carbocycles. The number of hydrogen-bond acceptors (Lipinski definition) is 4. The van der Waals surface area contributed by atoms with Crippen molar-refractivity contribution < 1.29 is 0 Å². The summed E-state index contributed by atoms with van der Waals surface area (Å²) in [6.45, 7) is 2.75. The summed E-state index contributed by atoms with van der Waals surface area (Å²) in [6.07, 6.45) is 3.44. The van der Waals surface area contributed by atoms with Gasteiger partial charge in [-0.2, -0.15) is 5.26 Å². The Balaban J connectivity index is 1.97. The molecule has 0 aliphatic heterocycles. The molecule has 0 aromatic carbocycles. The van der Waals surface area contributed by atoms with Crippen LogP contribution in [0.15, 0.2) is 42.7 Å². The Morgan fingerprint density at radius 1 is 1.28 bits per heavy atom. The second-order valence-corrected chi connectivity index (χ2v) is 4.02. The van der Waals surface area contributed by atoms with Gasteiger partial charge in [-0.05, 0) is 36.8 Å². The molecule has 4 heteroatoms. The third-order valence-corrected chi connectivity index (χ3v) is 2.68. The number of aromatic nitrogens is 2. The van der Waals surface area contributed by atoms with E-state index in [1.165, 1.54) is 0 Å². The van der Waals surface area contributed by atoms with Gasteiger partial charge in [0.1, 0.15) is 11.8 Å². The summed E-state index contributed by atoms with van der Waals surface area (Å²) in [6, 6.07) is 11.8. The first-order valence-corrected chi connectivity index (χ1v) is 5.79. The molecule has 2 aromatic rings. The van der Waals surface area contributed by atoms with E-state index in [0.29, 0.717) is 12.2 Å². The second kappa shape index (κ2) is 5.89. The van der Waals surface area contributed by atoms with Crippen LogP contribution in [0.1, 0.15) is 29.9 Å². The van der Waals surface area contributed by atoms with Gasteiger partial charge in [-0.25, -0.2) is 4.98 Å². The smallest absolute Gasteiger partial charge is 0.140 e. The topological polar surface area (TPSA) is 61.6 Å². The van der Waals surface area contributed by atoms with Gasteiger partial charge in [-0.3, -0.25) is 4.98 Å². The molecule has 0 saturated carbocycles. The normalized spacial score (nSPS) is 11.8. The van der Waals surface area contributed by atoms with Crippen LogP contribution in [0.4, 0.5) is 0 Å². The number of hydrogen-bond donors (Lipinski definition) is 1.